The summed E-state index contributed by atoms with van der Waals surface area (Å²) in [6, 6.07) is 16.2. The highest BCUT2D eigenvalue weighted by molar-refractivity contribution is 9.10. The fraction of sp³-hybridized carbons (Fsp3) is 0.133. The molecule has 0 spiro atoms. The van der Waals surface area contributed by atoms with Crippen LogP contribution in [-0.4, -0.2) is 11.1 Å². The number of hydrogen-bond acceptors (Lipinski definition) is 2. The van der Waals surface area contributed by atoms with Gasteiger partial charge in [0.25, 0.3) is 0 Å². The van der Waals surface area contributed by atoms with Crippen LogP contribution in [0.2, 0.25) is 0 Å². The van der Waals surface area contributed by atoms with Crippen molar-refractivity contribution in [1.82, 2.24) is 5.32 Å². The quantitative estimate of drug-likeness (QED) is 0.888. The number of rotatable bonds is 5. The van der Waals surface area contributed by atoms with Gasteiger partial charge in [-0.05, 0) is 17.2 Å². The second kappa shape index (κ2) is 6.50. The van der Waals surface area contributed by atoms with Crippen molar-refractivity contribution in [3.05, 3.63) is 70.2 Å². The highest BCUT2D eigenvalue weighted by Gasteiger charge is 2.18. The predicted octanol–water partition coefficient (Wildman–Crippen LogP) is 3.36. The number of benzene rings is 2. The molecule has 2 aromatic carbocycles. The van der Waals surface area contributed by atoms with Gasteiger partial charge in [0.15, 0.2) is 0 Å². The van der Waals surface area contributed by atoms with E-state index in [1.165, 1.54) is 0 Å². The van der Waals surface area contributed by atoms with Crippen LogP contribution in [0, 0.1) is 0 Å². The molecule has 98 valence electrons. The van der Waals surface area contributed by atoms with E-state index in [9.17, 15) is 9.90 Å². The van der Waals surface area contributed by atoms with Crippen LogP contribution in [0.4, 0.5) is 0 Å². The maximum Gasteiger partial charge on any atom is 0.325 e. The van der Waals surface area contributed by atoms with Crippen LogP contribution in [0.25, 0.3) is 0 Å². The molecule has 4 heteroatoms. The van der Waals surface area contributed by atoms with Gasteiger partial charge in [-0.25, -0.2) is 0 Å². The van der Waals surface area contributed by atoms with Gasteiger partial charge in [0, 0.05) is 11.0 Å². The molecule has 0 amide bonds. The van der Waals surface area contributed by atoms with Crippen molar-refractivity contribution >= 4 is 21.9 Å². The van der Waals surface area contributed by atoms with Crippen molar-refractivity contribution in [2.24, 2.45) is 0 Å². The molecule has 0 radical (unpaired) electrons. The molecule has 2 N–H and O–H groups in total. The topological polar surface area (TPSA) is 49.3 Å². The molecular weight excluding hydrogens is 306 g/mol. The summed E-state index contributed by atoms with van der Waals surface area (Å²) in [6.07, 6.45) is 0. The average molecular weight is 320 g/mol. The molecule has 3 nitrogen and oxygen atoms in total. The van der Waals surface area contributed by atoms with Crippen LogP contribution in [0.1, 0.15) is 17.2 Å². The molecule has 19 heavy (non-hydrogen) atoms. The number of carbonyl (C=O) groups is 1. The largest absolute Gasteiger partial charge is 0.480 e. The number of halogens is 1. The zero-order valence-electron chi connectivity index (χ0n) is 10.2. The molecule has 0 heterocycles. The summed E-state index contributed by atoms with van der Waals surface area (Å²) in [4.78, 5) is 11.3. The predicted molar refractivity (Wildman–Crippen MR) is 77.8 cm³/mol. The first-order valence-electron chi connectivity index (χ1n) is 5.93. The van der Waals surface area contributed by atoms with Crippen molar-refractivity contribution in [2.45, 2.75) is 12.6 Å². The molecule has 1 atom stereocenters. The number of hydrogen-bond donors (Lipinski definition) is 2. The Morgan fingerprint density at radius 3 is 2.37 bits per heavy atom. The number of carboxylic acids is 1. The first-order chi connectivity index (χ1) is 9.18. The summed E-state index contributed by atoms with van der Waals surface area (Å²) in [5.41, 5.74) is 1.78. The van der Waals surface area contributed by atoms with Crippen LogP contribution < -0.4 is 5.32 Å². The van der Waals surface area contributed by atoms with Crippen molar-refractivity contribution < 1.29 is 9.90 Å². The fourth-order valence-electron chi connectivity index (χ4n) is 1.85. The Kier molecular flexibility index (Phi) is 4.71. The summed E-state index contributed by atoms with van der Waals surface area (Å²) >= 11 is 3.45. The third kappa shape index (κ3) is 3.66. The summed E-state index contributed by atoms with van der Waals surface area (Å²) in [5.74, 6) is -0.877. The smallest absolute Gasteiger partial charge is 0.325 e. The zero-order chi connectivity index (χ0) is 13.7. The van der Waals surface area contributed by atoms with E-state index < -0.39 is 12.0 Å². The Morgan fingerprint density at radius 1 is 1.11 bits per heavy atom. The molecule has 0 saturated heterocycles. The van der Waals surface area contributed by atoms with Crippen LogP contribution in [0.3, 0.4) is 0 Å². The molecule has 1 unspecified atom stereocenters. The summed E-state index contributed by atoms with van der Waals surface area (Å²) in [5, 5.41) is 12.4. The normalized spacial score (nSPS) is 12.1. The monoisotopic (exact) mass is 319 g/mol. The lowest BCUT2D eigenvalue weighted by Gasteiger charge is -2.15. The minimum Gasteiger partial charge on any atom is -0.480 e. The molecule has 0 fully saturated rings. The molecule has 0 aliphatic carbocycles. The van der Waals surface area contributed by atoms with E-state index in [1.807, 2.05) is 54.6 Å². The Morgan fingerprint density at radius 2 is 1.74 bits per heavy atom. The van der Waals surface area contributed by atoms with E-state index in [4.69, 9.17) is 0 Å². The van der Waals surface area contributed by atoms with Crippen LogP contribution >= 0.6 is 15.9 Å². The van der Waals surface area contributed by atoms with Gasteiger partial charge in [-0.15, -0.1) is 0 Å². The van der Waals surface area contributed by atoms with E-state index in [0.29, 0.717) is 6.54 Å². The minimum atomic E-state index is -0.877. The van der Waals surface area contributed by atoms with Crippen LogP contribution in [0.15, 0.2) is 59.1 Å². The first kappa shape index (κ1) is 13.8. The van der Waals surface area contributed by atoms with E-state index in [0.717, 1.165) is 15.6 Å². The lowest BCUT2D eigenvalue weighted by molar-refractivity contribution is -0.139. The second-order valence-electron chi connectivity index (χ2n) is 4.15. The molecule has 0 aromatic heterocycles. The Hall–Kier alpha value is -1.65. The van der Waals surface area contributed by atoms with E-state index >= 15 is 0 Å². The highest BCUT2D eigenvalue weighted by atomic mass is 79.9. The maximum atomic E-state index is 11.3. The van der Waals surface area contributed by atoms with Crippen LogP contribution in [-0.2, 0) is 11.3 Å². The Balaban J connectivity index is 2.11. The van der Waals surface area contributed by atoms with Gasteiger partial charge in [0.05, 0.1) is 0 Å². The molecular formula is C15H14BrNO2. The van der Waals surface area contributed by atoms with Gasteiger partial charge < -0.3 is 5.11 Å². The Labute approximate surface area is 120 Å². The number of aliphatic carboxylic acids is 1. The standard InChI is InChI=1S/C15H14BrNO2/c16-13-9-5-4-8-12(13)10-17-14(15(18)19)11-6-2-1-3-7-11/h1-9,14,17H,10H2,(H,18,19). The third-order valence-electron chi connectivity index (χ3n) is 2.83. The van der Waals surface area contributed by atoms with Gasteiger partial charge >= 0.3 is 5.97 Å². The molecule has 2 rings (SSSR count). The lowest BCUT2D eigenvalue weighted by atomic mass is 10.1. The molecule has 0 aliphatic heterocycles. The van der Waals surface area contributed by atoms with Gasteiger partial charge in [0.2, 0.25) is 0 Å². The summed E-state index contributed by atoms with van der Waals surface area (Å²) in [7, 11) is 0. The zero-order valence-corrected chi connectivity index (χ0v) is 11.8. The van der Waals surface area contributed by atoms with E-state index in [1.54, 1.807) is 0 Å². The molecule has 0 saturated carbocycles. The summed E-state index contributed by atoms with van der Waals surface area (Å²) < 4.78 is 0.972. The minimum absolute atomic E-state index is 0.493. The molecule has 2 aromatic rings. The maximum absolute atomic E-state index is 11.3. The van der Waals surface area contributed by atoms with Gasteiger partial charge in [-0.3, -0.25) is 10.1 Å². The Bertz CT molecular complexity index is 557. The van der Waals surface area contributed by atoms with E-state index in [2.05, 4.69) is 21.2 Å². The second-order valence-corrected chi connectivity index (χ2v) is 5.01. The molecule has 0 aliphatic rings. The van der Waals surface area contributed by atoms with Crippen LogP contribution in [0.5, 0.6) is 0 Å². The highest BCUT2D eigenvalue weighted by Crippen LogP contribution is 2.18. The third-order valence-corrected chi connectivity index (χ3v) is 3.61. The fourth-order valence-corrected chi connectivity index (χ4v) is 2.27. The summed E-state index contributed by atoms with van der Waals surface area (Å²) in [6.45, 7) is 0.493. The van der Waals surface area contributed by atoms with Crippen molar-refractivity contribution in [3.8, 4) is 0 Å². The van der Waals surface area contributed by atoms with E-state index in [-0.39, 0.29) is 0 Å². The SMILES string of the molecule is O=C(O)C(NCc1ccccc1Br)c1ccccc1. The van der Waals surface area contributed by atoms with Crippen molar-refractivity contribution in [2.75, 3.05) is 0 Å². The first-order valence-corrected chi connectivity index (χ1v) is 6.72. The van der Waals surface area contributed by atoms with Crippen molar-refractivity contribution in [1.29, 1.82) is 0 Å². The number of nitrogens with one attached hydrogen (secondary N) is 1. The average Bonchev–Trinajstić information content (AvgIpc) is 2.42. The van der Waals surface area contributed by atoms with Gasteiger partial charge in [-0.2, -0.15) is 0 Å². The molecule has 0 bridgehead atoms. The van der Waals surface area contributed by atoms with Crippen molar-refractivity contribution in [3.63, 3.8) is 0 Å². The number of carboxylic acid groups (broad SMARTS) is 1. The van der Waals surface area contributed by atoms with Gasteiger partial charge in [0.1, 0.15) is 6.04 Å². The lowest BCUT2D eigenvalue weighted by Crippen LogP contribution is -2.28. The van der Waals surface area contributed by atoms with Gasteiger partial charge in [-0.1, -0.05) is 64.5 Å².